The van der Waals surface area contributed by atoms with Gasteiger partial charge in [-0.2, -0.15) is 0 Å². The molecule has 102 valence electrons. The SMILES string of the molecule is CCCNCc1cc(Cl)ccc1OCCC(C)O. The fraction of sp³-hybridized carbons (Fsp3) is 0.571. The third kappa shape index (κ3) is 5.71. The zero-order valence-corrected chi connectivity index (χ0v) is 11.8. The summed E-state index contributed by atoms with van der Waals surface area (Å²) in [6.07, 6.45) is 1.39. The second kappa shape index (κ2) is 8.35. The molecule has 1 unspecified atom stereocenters. The van der Waals surface area contributed by atoms with E-state index in [2.05, 4.69) is 12.2 Å². The van der Waals surface area contributed by atoms with Crippen LogP contribution in [0.1, 0.15) is 32.3 Å². The summed E-state index contributed by atoms with van der Waals surface area (Å²) in [6, 6.07) is 5.62. The first-order valence-electron chi connectivity index (χ1n) is 6.43. The van der Waals surface area contributed by atoms with Gasteiger partial charge in [0.05, 0.1) is 12.7 Å². The van der Waals surface area contributed by atoms with Crippen molar-refractivity contribution in [2.24, 2.45) is 0 Å². The minimum Gasteiger partial charge on any atom is -0.493 e. The third-order valence-electron chi connectivity index (χ3n) is 2.56. The monoisotopic (exact) mass is 271 g/mol. The van der Waals surface area contributed by atoms with Gasteiger partial charge >= 0.3 is 0 Å². The highest BCUT2D eigenvalue weighted by molar-refractivity contribution is 6.30. The molecule has 0 saturated carbocycles. The molecule has 1 aromatic rings. The maximum absolute atomic E-state index is 9.20. The second-order valence-corrected chi connectivity index (χ2v) is 4.85. The number of benzene rings is 1. The maximum atomic E-state index is 9.20. The molecule has 0 bridgehead atoms. The molecule has 4 heteroatoms. The van der Waals surface area contributed by atoms with Crippen LogP contribution in [-0.2, 0) is 6.54 Å². The molecular weight excluding hydrogens is 250 g/mol. The van der Waals surface area contributed by atoms with Crippen LogP contribution in [0.3, 0.4) is 0 Å². The van der Waals surface area contributed by atoms with Crippen molar-refractivity contribution in [3.8, 4) is 5.75 Å². The molecule has 0 radical (unpaired) electrons. The van der Waals surface area contributed by atoms with Crippen LogP contribution in [0.5, 0.6) is 5.75 Å². The van der Waals surface area contributed by atoms with Gasteiger partial charge < -0.3 is 15.2 Å². The Bertz CT molecular complexity index is 356. The van der Waals surface area contributed by atoms with Crippen LogP contribution in [0.15, 0.2) is 18.2 Å². The van der Waals surface area contributed by atoms with Crippen molar-refractivity contribution in [2.75, 3.05) is 13.2 Å². The first kappa shape index (κ1) is 15.3. The van der Waals surface area contributed by atoms with Gasteiger partial charge in [-0.25, -0.2) is 0 Å². The second-order valence-electron chi connectivity index (χ2n) is 4.41. The zero-order valence-electron chi connectivity index (χ0n) is 11.1. The summed E-state index contributed by atoms with van der Waals surface area (Å²) in [4.78, 5) is 0. The van der Waals surface area contributed by atoms with E-state index in [9.17, 15) is 5.11 Å². The molecule has 0 aromatic heterocycles. The largest absolute Gasteiger partial charge is 0.493 e. The number of rotatable bonds is 8. The molecule has 1 rings (SSSR count). The van der Waals surface area contributed by atoms with Crippen molar-refractivity contribution in [1.82, 2.24) is 5.32 Å². The van der Waals surface area contributed by atoms with Crippen molar-refractivity contribution in [3.63, 3.8) is 0 Å². The Morgan fingerprint density at radius 2 is 2.22 bits per heavy atom. The third-order valence-corrected chi connectivity index (χ3v) is 2.79. The Morgan fingerprint density at radius 1 is 1.44 bits per heavy atom. The van der Waals surface area contributed by atoms with Crippen molar-refractivity contribution < 1.29 is 9.84 Å². The lowest BCUT2D eigenvalue weighted by Gasteiger charge is -2.13. The molecule has 1 atom stereocenters. The quantitative estimate of drug-likeness (QED) is 0.714. The van der Waals surface area contributed by atoms with Crippen LogP contribution in [0.2, 0.25) is 5.02 Å². The van der Waals surface area contributed by atoms with Crippen LogP contribution in [-0.4, -0.2) is 24.4 Å². The zero-order chi connectivity index (χ0) is 13.4. The number of nitrogens with one attached hydrogen (secondary N) is 1. The van der Waals surface area contributed by atoms with Gasteiger partial charge in [-0.15, -0.1) is 0 Å². The van der Waals surface area contributed by atoms with E-state index in [1.807, 2.05) is 18.2 Å². The van der Waals surface area contributed by atoms with Gasteiger partial charge in [0.15, 0.2) is 0 Å². The van der Waals surface area contributed by atoms with Crippen LogP contribution >= 0.6 is 11.6 Å². The fourth-order valence-electron chi connectivity index (χ4n) is 1.57. The number of hydrogen-bond donors (Lipinski definition) is 2. The van der Waals surface area contributed by atoms with Crippen molar-refractivity contribution in [2.45, 2.75) is 39.3 Å². The minimum atomic E-state index is -0.334. The number of halogens is 1. The summed E-state index contributed by atoms with van der Waals surface area (Å²) in [5.41, 5.74) is 1.06. The number of ether oxygens (including phenoxy) is 1. The number of aliphatic hydroxyl groups excluding tert-OH is 1. The Hall–Kier alpha value is -0.770. The molecule has 0 saturated heterocycles. The molecule has 1 aromatic carbocycles. The molecule has 18 heavy (non-hydrogen) atoms. The van der Waals surface area contributed by atoms with E-state index in [1.54, 1.807) is 6.92 Å². The molecule has 0 heterocycles. The van der Waals surface area contributed by atoms with Gasteiger partial charge in [-0.3, -0.25) is 0 Å². The molecule has 0 fully saturated rings. The summed E-state index contributed by atoms with van der Waals surface area (Å²) in [5.74, 6) is 0.837. The van der Waals surface area contributed by atoms with Crippen molar-refractivity contribution in [3.05, 3.63) is 28.8 Å². The normalized spacial score (nSPS) is 12.4. The van der Waals surface area contributed by atoms with E-state index in [4.69, 9.17) is 16.3 Å². The summed E-state index contributed by atoms with van der Waals surface area (Å²) in [6.45, 7) is 6.12. The Balaban J connectivity index is 2.58. The van der Waals surface area contributed by atoms with Crippen LogP contribution in [0, 0.1) is 0 Å². The van der Waals surface area contributed by atoms with Crippen LogP contribution < -0.4 is 10.1 Å². The van der Waals surface area contributed by atoms with Crippen LogP contribution in [0.4, 0.5) is 0 Å². The van der Waals surface area contributed by atoms with E-state index in [-0.39, 0.29) is 6.10 Å². The summed E-state index contributed by atoms with van der Waals surface area (Å²) >= 11 is 5.99. The molecule has 0 amide bonds. The summed E-state index contributed by atoms with van der Waals surface area (Å²) < 4.78 is 5.68. The lowest BCUT2D eigenvalue weighted by molar-refractivity contribution is 0.155. The average molecular weight is 272 g/mol. The summed E-state index contributed by atoms with van der Waals surface area (Å²) in [5, 5.41) is 13.2. The van der Waals surface area contributed by atoms with E-state index >= 15 is 0 Å². The smallest absolute Gasteiger partial charge is 0.123 e. The first-order valence-corrected chi connectivity index (χ1v) is 6.81. The highest BCUT2D eigenvalue weighted by atomic mass is 35.5. The van der Waals surface area contributed by atoms with Gasteiger partial charge in [0.25, 0.3) is 0 Å². The highest BCUT2D eigenvalue weighted by Crippen LogP contribution is 2.23. The van der Waals surface area contributed by atoms with E-state index < -0.39 is 0 Å². The molecule has 2 N–H and O–H groups in total. The molecule has 3 nitrogen and oxygen atoms in total. The molecule has 0 spiro atoms. The number of hydrogen-bond acceptors (Lipinski definition) is 3. The standard InChI is InChI=1S/C14H22ClNO2/c1-3-7-16-10-12-9-13(15)4-5-14(12)18-8-6-11(2)17/h4-5,9,11,16-17H,3,6-8,10H2,1-2H3. The van der Waals surface area contributed by atoms with Gasteiger partial charge in [-0.1, -0.05) is 18.5 Å². The number of aliphatic hydroxyl groups is 1. The predicted octanol–water partition coefficient (Wildman–Crippen LogP) is 2.99. The molecular formula is C14H22ClNO2. The Labute approximate surface area is 114 Å². The van der Waals surface area contributed by atoms with Gasteiger partial charge in [0.2, 0.25) is 0 Å². The Kier molecular flexibility index (Phi) is 7.09. The molecule has 0 aliphatic heterocycles. The fourth-order valence-corrected chi connectivity index (χ4v) is 1.76. The van der Waals surface area contributed by atoms with E-state index in [0.29, 0.717) is 18.1 Å². The average Bonchev–Trinajstić information content (AvgIpc) is 2.32. The maximum Gasteiger partial charge on any atom is 0.123 e. The lowest BCUT2D eigenvalue weighted by Crippen LogP contribution is -2.15. The first-order chi connectivity index (χ1) is 8.63. The van der Waals surface area contributed by atoms with Crippen LogP contribution in [0.25, 0.3) is 0 Å². The van der Waals surface area contributed by atoms with E-state index in [0.717, 1.165) is 30.8 Å². The lowest BCUT2D eigenvalue weighted by atomic mass is 10.2. The van der Waals surface area contributed by atoms with Crippen molar-refractivity contribution in [1.29, 1.82) is 0 Å². The molecule has 0 aliphatic carbocycles. The van der Waals surface area contributed by atoms with Gasteiger partial charge in [0.1, 0.15) is 5.75 Å². The van der Waals surface area contributed by atoms with Gasteiger partial charge in [-0.05, 0) is 38.1 Å². The van der Waals surface area contributed by atoms with Crippen molar-refractivity contribution >= 4 is 11.6 Å². The topological polar surface area (TPSA) is 41.5 Å². The van der Waals surface area contributed by atoms with E-state index in [1.165, 1.54) is 0 Å². The molecule has 0 aliphatic rings. The minimum absolute atomic E-state index is 0.334. The highest BCUT2D eigenvalue weighted by Gasteiger charge is 2.05. The summed E-state index contributed by atoms with van der Waals surface area (Å²) in [7, 11) is 0. The Morgan fingerprint density at radius 3 is 2.89 bits per heavy atom. The predicted molar refractivity (Wildman–Crippen MR) is 75.2 cm³/mol. The van der Waals surface area contributed by atoms with Gasteiger partial charge in [0, 0.05) is 23.6 Å².